The second kappa shape index (κ2) is 7.64. The number of anilines is 1. The van der Waals surface area contributed by atoms with Crippen molar-refractivity contribution in [2.45, 2.75) is 25.9 Å². The summed E-state index contributed by atoms with van der Waals surface area (Å²) in [4.78, 5) is 12.2. The molecule has 0 aliphatic carbocycles. The van der Waals surface area contributed by atoms with Crippen molar-refractivity contribution in [3.8, 4) is 0 Å². The second-order valence-electron chi connectivity index (χ2n) is 6.36. The minimum Gasteiger partial charge on any atom is -0.468 e. The second-order valence-corrected chi connectivity index (χ2v) is 6.36. The van der Waals surface area contributed by atoms with E-state index in [2.05, 4.69) is 20.6 Å². The van der Waals surface area contributed by atoms with Crippen LogP contribution < -0.4 is 5.32 Å². The third-order valence-electron chi connectivity index (χ3n) is 4.58. The molecule has 2 aromatic heterocycles. The van der Waals surface area contributed by atoms with Gasteiger partial charge in [-0.1, -0.05) is 12.1 Å². The molecule has 2 heterocycles. The van der Waals surface area contributed by atoms with Crippen LogP contribution in [0, 0.1) is 19.7 Å². The molecular weight excluding hydrogens is 394 g/mol. The Labute approximate surface area is 162 Å². The van der Waals surface area contributed by atoms with E-state index in [1.165, 1.54) is 31.4 Å². The fourth-order valence-corrected chi connectivity index (χ4v) is 2.85. The Morgan fingerprint density at radius 3 is 2.41 bits per heavy atom. The Bertz CT molecular complexity index is 1050. The van der Waals surface area contributed by atoms with Gasteiger partial charge >= 0.3 is 12.1 Å². The minimum absolute atomic E-state index is 0.0107. The number of fused-ring (bicyclic) bond motifs is 1. The topological polar surface area (TPSA) is 81.4 Å². The third kappa shape index (κ3) is 3.98. The van der Waals surface area contributed by atoms with Crippen LogP contribution in [0.1, 0.15) is 28.4 Å². The standard InChI is InChI=1S/C18H17F4N5O2/c1-9-10(2)15-24-25-17(18(20,21)22)27(15)26-14(9)23-8-13(16(28)29-3)11-4-6-12(19)7-5-11/h4-7,13H,8H2,1-3H3,(H,23,26). The van der Waals surface area contributed by atoms with Gasteiger partial charge < -0.3 is 10.1 Å². The van der Waals surface area contributed by atoms with Crippen LogP contribution in [0.4, 0.5) is 23.4 Å². The first-order valence-corrected chi connectivity index (χ1v) is 8.50. The van der Waals surface area contributed by atoms with Gasteiger partial charge in [0.05, 0.1) is 13.0 Å². The summed E-state index contributed by atoms with van der Waals surface area (Å²) in [5.74, 6) is -2.98. The Balaban J connectivity index is 1.96. The van der Waals surface area contributed by atoms with E-state index in [4.69, 9.17) is 4.74 Å². The van der Waals surface area contributed by atoms with Crippen LogP contribution in [0.5, 0.6) is 0 Å². The van der Waals surface area contributed by atoms with Crippen LogP contribution >= 0.6 is 0 Å². The van der Waals surface area contributed by atoms with Crippen LogP contribution in [-0.2, 0) is 15.7 Å². The van der Waals surface area contributed by atoms with Crippen molar-refractivity contribution >= 4 is 17.4 Å². The molecule has 11 heteroatoms. The molecule has 0 saturated heterocycles. The number of esters is 1. The highest BCUT2D eigenvalue weighted by Crippen LogP contribution is 2.30. The van der Waals surface area contributed by atoms with Crippen molar-refractivity contribution in [1.29, 1.82) is 0 Å². The maximum atomic E-state index is 13.2. The van der Waals surface area contributed by atoms with Gasteiger partial charge in [0.25, 0.3) is 5.82 Å². The number of carbonyl (C=O) groups excluding carboxylic acids is 1. The molecule has 3 aromatic rings. The fourth-order valence-electron chi connectivity index (χ4n) is 2.85. The van der Waals surface area contributed by atoms with Crippen molar-refractivity contribution in [1.82, 2.24) is 19.8 Å². The molecule has 154 valence electrons. The van der Waals surface area contributed by atoms with E-state index in [9.17, 15) is 22.4 Å². The largest absolute Gasteiger partial charge is 0.468 e. The molecule has 1 aromatic carbocycles. The summed E-state index contributed by atoms with van der Waals surface area (Å²) in [6.45, 7) is 3.24. The van der Waals surface area contributed by atoms with Crippen molar-refractivity contribution in [3.05, 3.63) is 52.6 Å². The first-order chi connectivity index (χ1) is 13.6. The molecule has 1 N–H and O–H groups in total. The van der Waals surface area contributed by atoms with Gasteiger partial charge in [0.15, 0.2) is 5.65 Å². The summed E-state index contributed by atoms with van der Waals surface area (Å²) in [5, 5.41) is 13.6. The monoisotopic (exact) mass is 411 g/mol. The average molecular weight is 411 g/mol. The average Bonchev–Trinajstić information content (AvgIpc) is 3.11. The van der Waals surface area contributed by atoms with Gasteiger partial charge in [0.1, 0.15) is 11.6 Å². The number of aromatic nitrogens is 4. The lowest BCUT2D eigenvalue weighted by molar-refractivity contribution is -0.146. The van der Waals surface area contributed by atoms with Gasteiger partial charge in [0, 0.05) is 12.1 Å². The molecule has 0 aliphatic rings. The van der Waals surface area contributed by atoms with Crippen molar-refractivity contribution in [2.24, 2.45) is 0 Å². The van der Waals surface area contributed by atoms with Crippen LogP contribution in [0.2, 0.25) is 0 Å². The quantitative estimate of drug-likeness (QED) is 0.513. The van der Waals surface area contributed by atoms with E-state index in [1.54, 1.807) is 13.8 Å². The summed E-state index contributed by atoms with van der Waals surface area (Å²) < 4.78 is 58.1. The van der Waals surface area contributed by atoms with E-state index in [1.807, 2.05) is 0 Å². The molecule has 0 aliphatic heterocycles. The lowest BCUT2D eigenvalue weighted by atomic mass is 9.99. The molecule has 1 unspecified atom stereocenters. The van der Waals surface area contributed by atoms with Gasteiger partial charge in [-0.2, -0.15) is 17.7 Å². The van der Waals surface area contributed by atoms with Crippen molar-refractivity contribution < 1.29 is 27.1 Å². The molecule has 0 bridgehead atoms. The molecule has 0 saturated carbocycles. The molecular formula is C18H17F4N5O2. The summed E-state index contributed by atoms with van der Waals surface area (Å²) in [6, 6.07) is 5.29. The van der Waals surface area contributed by atoms with Crippen LogP contribution in [-0.4, -0.2) is 39.4 Å². The number of carbonyl (C=O) groups is 1. The summed E-state index contributed by atoms with van der Waals surface area (Å²) in [6.07, 6.45) is -4.73. The number of hydrogen-bond acceptors (Lipinski definition) is 6. The minimum atomic E-state index is -4.73. The number of hydrogen-bond donors (Lipinski definition) is 1. The Hall–Kier alpha value is -3.24. The maximum Gasteiger partial charge on any atom is 0.453 e. The first-order valence-electron chi connectivity index (χ1n) is 8.50. The number of alkyl halides is 3. The molecule has 7 nitrogen and oxygen atoms in total. The predicted molar refractivity (Wildman–Crippen MR) is 94.9 cm³/mol. The lowest BCUT2D eigenvalue weighted by Gasteiger charge is -2.18. The fraction of sp³-hybridized carbons (Fsp3) is 0.333. The number of nitrogens with zero attached hydrogens (tertiary/aromatic N) is 4. The van der Waals surface area contributed by atoms with Gasteiger partial charge in [-0.3, -0.25) is 4.79 Å². The molecule has 0 fully saturated rings. The molecule has 1 atom stereocenters. The normalized spacial score (nSPS) is 12.8. The molecule has 0 radical (unpaired) electrons. The van der Waals surface area contributed by atoms with Gasteiger partial charge in [-0.25, -0.2) is 4.39 Å². The smallest absolute Gasteiger partial charge is 0.453 e. The molecule has 3 rings (SSSR count). The molecule has 29 heavy (non-hydrogen) atoms. The Kier molecular flexibility index (Phi) is 5.40. The summed E-state index contributed by atoms with van der Waals surface area (Å²) in [7, 11) is 1.21. The number of nitrogens with one attached hydrogen (secondary N) is 1. The first kappa shape index (κ1) is 20.5. The molecule has 0 amide bonds. The number of rotatable bonds is 5. The zero-order valence-electron chi connectivity index (χ0n) is 15.7. The zero-order chi connectivity index (χ0) is 21.3. The maximum absolute atomic E-state index is 13.2. The van der Waals surface area contributed by atoms with Gasteiger partial charge in [-0.05, 0) is 37.1 Å². The van der Waals surface area contributed by atoms with E-state index >= 15 is 0 Å². The van der Waals surface area contributed by atoms with Gasteiger partial charge in [0.2, 0.25) is 0 Å². The number of aryl methyl sites for hydroxylation is 1. The van der Waals surface area contributed by atoms with Crippen molar-refractivity contribution in [3.63, 3.8) is 0 Å². The summed E-state index contributed by atoms with van der Waals surface area (Å²) >= 11 is 0. The summed E-state index contributed by atoms with van der Waals surface area (Å²) in [5.41, 5.74) is 1.49. The highest BCUT2D eigenvalue weighted by atomic mass is 19.4. The highest BCUT2D eigenvalue weighted by molar-refractivity contribution is 5.79. The Morgan fingerprint density at radius 1 is 1.17 bits per heavy atom. The number of halogens is 4. The van der Waals surface area contributed by atoms with E-state index in [0.717, 1.165) is 0 Å². The number of methoxy groups -OCH3 is 1. The van der Waals surface area contributed by atoms with Crippen molar-refractivity contribution in [2.75, 3.05) is 19.0 Å². The molecule has 0 spiro atoms. The van der Waals surface area contributed by atoms with Crippen LogP contribution in [0.25, 0.3) is 5.65 Å². The van der Waals surface area contributed by atoms with E-state index in [0.29, 0.717) is 21.2 Å². The van der Waals surface area contributed by atoms with E-state index < -0.39 is 29.7 Å². The van der Waals surface area contributed by atoms with Crippen LogP contribution in [0.3, 0.4) is 0 Å². The van der Waals surface area contributed by atoms with Gasteiger partial charge in [-0.15, -0.1) is 15.3 Å². The van der Waals surface area contributed by atoms with Crippen LogP contribution in [0.15, 0.2) is 24.3 Å². The predicted octanol–water partition coefficient (Wildman–Crippen LogP) is 3.27. The lowest BCUT2D eigenvalue weighted by Crippen LogP contribution is -2.24. The Morgan fingerprint density at radius 2 is 1.83 bits per heavy atom. The SMILES string of the molecule is COC(=O)C(CNc1nn2c(C(F)(F)F)nnc2c(C)c1C)c1ccc(F)cc1. The third-order valence-corrected chi connectivity index (χ3v) is 4.58. The van der Waals surface area contributed by atoms with E-state index in [-0.39, 0.29) is 18.0 Å². The zero-order valence-corrected chi connectivity index (χ0v) is 15.7. The number of benzene rings is 1. The number of ether oxygens (including phenoxy) is 1. The highest BCUT2D eigenvalue weighted by Gasteiger charge is 2.38.